The van der Waals surface area contributed by atoms with Gasteiger partial charge >= 0.3 is 5.97 Å². The highest BCUT2D eigenvalue weighted by molar-refractivity contribution is 5.98. The van der Waals surface area contributed by atoms with Crippen LogP contribution in [-0.2, 0) is 17.9 Å². The Bertz CT molecular complexity index is 1140. The Hall–Kier alpha value is -3.09. The Morgan fingerprint density at radius 3 is 2.66 bits per heavy atom. The van der Waals surface area contributed by atoms with Gasteiger partial charge in [0.15, 0.2) is 11.4 Å². The Kier molecular flexibility index (Phi) is 4.87. The second kappa shape index (κ2) is 7.50. The van der Waals surface area contributed by atoms with Crippen molar-refractivity contribution in [3.05, 3.63) is 63.6 Å². The maximum absolute atomic E-state index is 13.7. The van der Waals surface area contributed by atoms with E-state index < -0.39 is 11.4 Å². The van der Waals surface area contributed by atoms with Gasteiger partial charge in [-0.3, -0.25) is 9.59 Å². The van der Waals surface area contributed by atoms with Gasteiger partial charge < -0.3 is 18.9 Å². The van der Waals surface area contributed by atoms with Gasteiger partial charge in [0.05, 0.1) is 12.1 Å². The van der Waals surface area contributed by atoms with E-state index in [-0.39, 0.29) is 47.1 Å². The van der Waals surface area contributed by atoms with Crippen LogP contribution in [-0.4, -0.2) is 40.0 Å². The molecule has 1 saturated heterocycles. The lowest BCUT2D eigenvalue weighted by molar-refractivity contribution is 0.0405. The summed E-state index contributed by atoms with van der Waals surface area (Å²) in [5, 5.41) is 0. The Morgan fingerprint density at radius 2 is 1.91 bits per heavy atom. The highest BCUT2D eigenvalue weighted by Gasteiger charge is 2.58. The van der Waals surface area contributed by atoms with Crippen LogP contribution >= 0.6 is 0 Å². The summed E-state index contributed by atoms with van der Waals surface area (Å²) in [7, 11) is 0. The molecule has 2 fully saturated rings. The molecule has 7 heteroatoms. The minimum absolute atomic E-state index is 0.0640. The quantitative estimate of drug-likeness (QED) is 0.672. The topological polar surface area (TPSA) is 77.8 Å². The van der Waals surface area contributed by atoms with Crippen LogP contribution in [0.3, 0.4) is 0 Å². The molecule has 2 atom stereocenters. The first-order valence-corrected chi connectivity index (χ1v) is 11.3. The normalized spacial score (nSPS) is 25.8. The zero-order valence-corrected chi connectivity index (χ0v) is 18.6. The Morgan fingerprint density at radius 1 is 1.12 bits per heavy atom. The van der Waals surface area contributed by atoms with Crippen LogP contribution in [0, 0.1) is 5.41 Å². The van der Waals surface area contributed by atoms with Crippen molar-refractivity contribution in [2.45, 2.75) is 58.2 Å². The highest BCUT2D eigenvalue weighted by Crippen LogP contribution is 2.54. The van der Waals surface area contributed by atoms with Crippen molar-refractivity contribution in [1.82, 2.24) is 9.47 Å². The van der Waals surface area contributed by atoms with Gasteiger partial charge in [0, 0.05) is 19.3 Å². The molecule has 0 N–H and O–H groups in total. The predicted molar refractivity (Wildman–Crippen MR) is 118 cm³/mol. The summed E-state index contributed by atoms with van der Waals surface area (Å²) in [4.78, 5) is 41.6. The average Bonchev–Trinajstić information content (AvgIpc) is 2.98. The molecule has 7 nitrogen and oxygen atoms in total. The fourth-order valence-corrected chi connectivity index (χ4v) is 5.88. The standard InChI is InChI=1S/C25H28N2O5/c1-3-31-23(30)18-12-26-16-25-11-7-10-24(2,14-25)15-27(25)22(29)19(26)21(20(18)28)32-13-17-8-5-4-6-9-17/h4-6,8-9,12H,3,7,10-11,13-16H2,1-2H3/t24-,25+/m0/s1. The lowest BCUT2D eigenvalue weighted by atomic mass is 9.71. The maximum Gasteiger partial charge on any atom is 0.343 e. The number of carbonyl (C=O) groups is 2. The number of ether oxygens (including phenoxy) is 2. The summed E-state index contributed by atoms with van der Waals surface area (Å²) in [6.07, 6.45) is 5.52. The van der Waals surface area contributed by atoms with E-state index >= 15 is 0 Å². The summed E-state index contributed by atoms with van der Waals surface area (Å²) in [5.41, 5.74) is 0.245. The first kappa shape index (κ1) is 20.8. The van der Waals surface area contributed by atoms with Gasteiger partial charge in [-0.15, -0.1) is 0 Å². The van der Waals surface area contributed by atoms with Crippen LogP contribution in [0.1, 0.15) is 65.9 Å². The number of nitrogens with zero attached hydrogens (tertiary/aromatic N) is 2. The van der Waals surface area contributed by atoms with Crippen LogP contribution in [0.15, 0.2) is 41.3 Å². The summed E-state index contributed by atoms with van der Waals surface area (Å²) in [6.45, 7) is 5.48. The molecule has 5 rings (SSSR count). The van der Waals surface area contributed by atoms with Gasteiger partial charge in [-0.25, -0.2) is 4.79 Å². The van der Waals surface area contributed by atoms with E-state index in [0.29, 0.717) is 13.1 Å². The number of fused-ring (bicyclic) bond motifs is 2. The molecule has 2 bridgehead atoms. The van der Waals surface area contributed by atoms with Gasteiger partial charge in [-0.1, -0.05) is 43.7 Å². The molecule has 3 heterocycles. The van der Waals surface area contributed by atoms with E-state index in [2.05, 4.69) is 6.92 Å². The number of hydrogen-bond acceptors (Lipinski definition) is 5. The van der Waals surface area contributed by atoms with Crippen LogP contribution in [0.5, 0.6) is 5.75 Å². The van der Waals surface area contributed by atoms with Gasteiger partial charge in [0.2, 0.25) is 5.43 Å². The van der Waals surface area contributed by atoms with Crippen molar-refractivity contribution in [2.75, 3.05) is 13.2 Å². The number of benzene rings is 1. The molecular weight excluding hydrogens is 408 g/mol. The van der Waals surface area contributed by atoms with Crippen LogP contribution < -0.4 is 10.2 Å². The second-order valence-electron chi connectivity index (χ2n) is 9.63. The zero-order chi connectivity index (χ0) is 22.5. The SMILES string of the molecule is CCOC(=O)c1cn2c(c(OCc3ccccc3)c1=O)C(=O)N1C[C@@]3(C)CCC[C@]1(C2)C3. The molecule has 0 unspecified atom stereocenters. The first-order chi connectivity index (χ1) is 15.4. The molecular formula is C25H28N2O5. The van der Waals surface area contributed by atoms with Gasteiger partial charge in [0.1, 0.15) is 12.2 Å². The molecule has 1 aliphatic carbocycles. The Labute approximate surface area is 186 Å². The molecule has 3 aliphatic rings. The fraction of sp³-hybridized carbons (Fsp3) is 0.480. The molecule has 2 aromatic rings. The van der Waals surface area contributed by atoms with Crippen LogP contribution in [0.25, 0.3) is 0 Å². The van der Waals surface area contributed by atoms with E-state index in [4.69, 9.17) is 9.47 Å². The second-order valence-corrected chi connectivity index (χ2v) is 9.63. The summed E-state index contributed by atoms with van der Waals surface area (Å²) < 4.78 is 12.8. The van der Waals surface area contributed by atoms with Gasteiger partial charge in [-0.05, 0) is 37.2 Å². The average molecular weight is 437 g/mol. The van der Waals surface area contributed by atoms with E-state index in [1.807, 2.05) is 35.2 Å². The van der Waals surface area contributed by atoms with Crippen molar-refractivity contribution in [3.8, 4) is 5.75 Å². The third-order valence-electron chi connectivity index (χ3n) is 7.16. The number of hydrogen-bond donors (Lipinski definition) is 0. The molecule has 1 spiro atoms. The van der Waals surface area contributed by atoms with E-state index in [0.717, 1.165) is 31.2 Å². The van der Waals surface area contributed by atoms with Crippen molar-refractivity contribution in [2.24, 2.45) is 5.41 Å². The number of rotatable bonds is 5. The third kappa shape index (κ3) is 3.22. The number of amides is 1. The third-order valence-corrected chi connectivity index (χ3v) is 7.16. The monoisotopic (exact) mass is 436 g/mol. The van der Waals surface area contributed by atoms with Crippen LogP contribution in [0.4, 0.5) is 0 Å². The number of pyridine rings is 1. The smallest absolute Gasteiger partial charge is 0.343 e. The molecule has 168 valence electrons. The summed E-state index contributed by atoms with van der Waals surface area (Å²) in [5.74, 6) is -0.937. The zero-order valence-electron chi connectivity index (χ0n) is 18.6. The van der Waals surface area contributed by atoms with Crippen molar-refractivity contribution in [3.63, 3.8) is 0 Å². The number of aromatic nitrogens is 1. The Balaban J connectivity index is 1.61. The van der Waals surface area contributed by atoms with Crippen molar-refractivity contribution >= 4 is 11.9 Å². The summed E-state index contributed by atoms with van der Waals surface area (Å²) >= 11 is 0. The molecule has 2 aliphatic heterocycles. The number of carbonyl (C=O) groups excluding carboxylic acids is 2. The van der Waals surface area contributed by atoms with Gasteiger partial charge in [-0.2, -0.15) is 0 Å². The van der Waals surface area contributed by atoms with Crippen molar-refractivity contribution in [1.29, 1.82) is 0 Å². The van der Waals surface area contributed by atoms with Gasteiger partial charge in [0.25, 0.3) is 5.91 Å². The van der Waals surface area contributed by atoms with E-state index in [1.165, 1.54) is 6.20 Å². The van der Waals surface area contributed by atoms with E-state index in [1.54, 1.807) is 11.5 Å². The molecule has 32 heavy (non-hydrogen) atoms. The fourth-order valence-electron chi connectivity index (χ4n) is 5.88. The lowest BCUT2D eigenvalue weighted by Crippen LogP contribution is -2.55. The first-order valence-electron chi connectivity index (χ1n) is 11.3. The lowest BCUT2D eigenvalue weighted by Gasteiger charge is -2.45. The highest BCUT2D eigenvalue weighted by atomic mass is 16.5. The summed E-state index contributed by atoms with van der Waals surface area (Å²) in [6, 6.07) is 9.45. The predicted octanol–water partition coefficient (Wildman–Crippen LogP) is 3.39. The minimum Gasteiger partial charge on any atom is -0.483 e. The minimum atomic E-state index is -0.690. The van der Waals surface area contributed by atoms with Crippen LogP contribution in [0.2, 0.25) is 0 Å². The molecule has 1 amide bonds. The number of esters is 1. The molecule has 0 radical (unpaired) electrons. The largest absolute Gasteiger partial charge is 0.483 e. The molecule has 1 aromatic heterocycles. The molecule has 1 aromatic carbocycles. The van der Waals surface area contributed by atoms with E-state index in [9.17, 15) is 14.4 Å². The molecule has 1 saturated carbocycles. The maximum atomic E-state index is 13.7. The van der Waals surface area contributed by atoms with Crippen molar-refractivity contribution < 1.29 is 19.1 Å².